The molecule has 0 aliphatic rings. The summed E-state index contributed by atoms with van der Waals surface area (Å²) >= 11 is 1.86. The predicted molar refractivity (Wildman–Crippen MR) is 91.3 cm³/mol. The molecule has 0 aliphatic heterocycles. The Morgan fingerprint density at radius 1 is 1.15 bits per heavy atom. The van der Waals surface area contributed by atoms with Crippen LogP contribution in [0.1, 0.15) is 57.5 Å². The summed E-state index contributed by atoms with van der Waals surface area (Å²) in [4.78, 5) is 4.07. The van der Waals surface area contributed by atoms with Crippen LogP contribution in [0.15, 0.2) is 11.4 Å². The van der Waals surface area contributed by atoms with Crippen LogP contribution in [-0.4, -0.2) is 24.0 Å². The van der Waals surface area contributed by atoms with Crippen LogP contribution in [0.3, 0.4) is 0 Å². The van der Waals surface area contributed by atoms with Gasteiger partial charge >= 0.3 is 0 Å². The first-order valence-electron chi connectivity index (χ1n) is 7.90. The second-order valence-corrected chi connectivity index (χ2v) is 7.67. The maximum absolute atomic E-state index is 6.49. The molecule has 1 rings (SSSR count). The largest absolute Gasteiger partial charge is 0.326 e. The summed E-state index contributed by atoms with van der Waals surface area (Å²) in [6.45, 7) is 15.8. The lowest BCUT2D eigenvalue weighted by Gasteiger charge is -2.37. The van der Waals surface area contributed by atoms with E-state index in [4.69, 9.17) is 5.73 Å². The molecule has 116 valence electrons. The van der Waals surface area contributed by atoms with Gasteiger partial charge in [0, 0.05) is 24.0 Å². The number of nitrogens with zero attached hydrogens (tertiary/aromatic N) is 1. The quantitative estimate of drug-likeness (QED) is 0.768. The van der Waals surface area contributed by atoms with Crippen LogP contribution < -0.4 is 5.73 Å². The lowest BCUT2D eigenvalue weighted by atomic mass is 9.98. The molecule has 0 radical (unpaired) electrons. The summed E-state index contributed by atoms with van der Waals surface area (Å²) in [6, 6.07) is 2.80. The number of rotatable bonds is 8. The third kappa shape index (κ3) is 4.87. The molecule has 0 aliphatic carbocycles. The van der Waals surface area contributed by atoms with Gasteiger partial charge in [-0.05, 0) is 42.2 Å². The van der Waals surface area contributed by atoms with Crippen LogP contribution in [0, 0.1) is 18.8 Å². The van der Waals surface area contributed by atoms with Crippen molar-refractivity contribution < 1.29 is 0 Å². The minimum atomic E-state index is 0.213. The van der Waals surface area contributed by atoms with E-state index in [1.54, 1.807) is 0 Å². The highest BCUT2D eigenvalue weighted by Crippen LogP contribution is 2.33. The Bertz CT molecular complexity index is 374. The van der Waals surface area contributed by atoms with Crippen LogP contribution in [0.2, 0.25) is 0 Å². The number of hydrogen-bond acceptors (Lipinski definition) is 3. The Labute approximate surface area is 129 Å². The summed E-state index contributed by atoms with van der Waals surface area (Å²) in [5, 5.41) is 2.20. The highest BCUT2D eigenvalue weighted by molar-refractivity contribution is 7.10. The zero-order chi connectivity index (χ0) is 15.3. The van der Waals surface area contributed by atoms with Crippen molar-refractivity contribution in [1.29, 1.82) is 0 Å². The topological polar surface area (TPSA) is 29.3 Å². The minimum Gasteiger partial charge on any atom is -0.326 e. The second kappa shape index (κ2) is 8.16. The van der Waals surface area contributed by atoms with Gasteiger partial charge in [-0.3, -0.25) is 4.90 Å². The van der Waals surface area contributed by atoms with Gasteiger partial charge in [0.25, 0.3) is 0 Å². The number of nitrogens with two attached hydrogens (primary N) is 1. The van der Waals surface area contributed by atoms with Gasteiger partial charge in [0.15, 0.2) is 0 Å². The molecule has 3 heteroatoms. The van der Waals surface area contributed by atoms with Crippen molar-refractivity contribution in [2.24, 2.45) is 17.6 Å². The van der Waals surface area contributed by atoms with Crippen molar-refractivity contribution in [2.75, 3.05) is 13.1 Å². The Morgan fingerprint density at radius 3 is 2.05 bits per heavy atom. The van der Waals surface area contributed by atoms with E-state index in [0.717, 1.165) is 19.5 Å². The molecule has 0 spiro atoms. The minimum absolute atomic E-state index is 0.213. The molecule has 2 unspecified atom stereocenters. The zero-order valence-electron chi connectivity index (χ0n) is 14.0. The summed E-state index contributed by atoms with van der Waals surface area (Å²) < 4.78 is 0. The molecule has 2 N–H and O–H groups in total. The molecular formula is C17H32N2S. The van der Waals surface area contributed by atoms with Crippen LogP contribution in [0.4, 0.5) is 0 Å². The van der Waals surface area contributed by atoms with E-state index in [9.17, 15) is 0 Å². The van der Waals surface area contributed by atoms with E-state index in [1.165, 1.54) is 10.4 Å². The first kappa shape index (κ1) is 17.7. The molecule has 0 fully saturated rings. The molecule has 20 heavy (non-hydrogen) atoms. The van der Waals surface area contributed by atoms with Gasteiger partial charge in [-0.15, -0.1) is 11.3 Å². The number of thiophene rings is 1. The van der Waals surface area contributed by atoms with Crippen molar-refractivity contribution in [2.45, 2.75) is 60.0 Å². The van der Waals surface area contributed by atoms with Crippen LogP contribution in [0.25, 0.3) is 0 Å². The molecule has 0 saturated heterocycles. The molecule has 1 aromatic rings. The fourth-order valence-corrected chi connectivity index (χ4v) is 3.92. The maximum Gasteiger partial charge on any atom is 0.0596 e. The summed E-state index contributed by atoms with van der Waals surface area (Å²) in [7, 11) is 0. The van der Waals surface area contributed by atoms with E-state index in [2.05, 4.69) is 57.9 Å². The Hall–Kier alpha value is -0.380. The van der Waals surface area contributed by atoms with Crippen molar-refractivity contribution in [3.63, 3.8) is 0 Å². The average Bonchev–Trinajstić information content (AvgIpc) is 2.74. The summed E-state index contributed by atoms with van der Waals surface area (Å²) in [5.41, 5.74) is 7.88. The third-order valence-electron chi connectivity index (χ3n) is 3.64. The second-order valence-electron chi connectivity index (χ2n) is 6.73. The fraction of sp³-hybridized carbons (Fsp3) is 0.765. The van der Waals surface area contributed by atoms with Gasteiger partial charge in [-0.1, -0.05) is 34.6 Å². The lowest BCUT2D eigenvalue weighted by Crippen LogP contribution is -2.44. The van der Waals surface area contributed by atoms with Crippen molar-refractivity contribution in [1.82, 2.24) is 4.90 Å². The Kier molecular flexibility index (Phi) is 7.21. The van der Waals surface area contributed by atoms with E-state index in [0.29, 0.717) is 17.9 Å². The lowest BCUT2D eigenvalue weighted by molar-refractivity contribution is 0.136. The van der Waals surface area contributed by atoms with E-state index in [1.807, 2.05) is 11.3 Å². The number of hydrogen-bond donors (Lipinski definition) is 1. The monoisotopic (exact) mass is 296 g/mol. The molecule has 0 bridgehead atoms. The van der Waals surface area contributed by atoms with Gasteiger partial charge in [0.2, 0.25) is 0 Å². The normalized spacial score (nSPS) is 15.3. The van der Waals surface area contributed by atoms with Crippen LogP contribution >= 0.6 is 11.3 Å². The van der Waals surface area contributed by atoms with Crippen molar-refractivity contribution in [3.8, 4) is 0 Å². The molecular weight excluding hydrogens is 264 g/mol. The summed E-state index contributed by atoms with van der Waals surface area (Å²) in [6.07, 6.45) is 1.02. The standard InChI is InChI=1S/C17H32N2S/c1-7-15(18)16(17-14(6)8-9-20-17)19(10-12(2)3)11-13(4)5/h8-9,12-13,15-16H,7,10-11,18H2,1-6H3. The van der Waals surface area contributed by atoms with Gasteiger partial charge in [-0.2, -0.15) is 0 Å². The molecule has 0 amide bonds. The fourth-order valence-electron chi connectivity index (χ4n) is 2.78. The molecule has 0 saturated carbocycles. The number of aryl methyl sites for hydroxylation is 1. The first-order chi connectivity index (χ1) is 9.36. The molecule has 1 heterocycles. The van der Waals surface area contributed by atoms with Crippen LogP contribution in [-0.2, 0) is 0 Å². The average molecular weight is 297 g/mol. The Balaban J connectivity index is 3.07. The molecule has 2 atom stereocenters. The van der Waals surface area contributed by atoms with E-state index >= 15 is 0 Å². The van der Waals surface area contributed by atoms with Crippen molar-refractivity contribution in [3.05, 3.63) is 21.9 Å². The van der Waals surface area contributed by atoms with E-state index in [-0.39, 0.29) is 6.04 Å². The predicted octanol–water partition coefficient (Wildman–Crippen LogP) is 4.45. The van der Waals surface area contributed by atoms with E-state index < -0.39 is 0 Å². The van der Waals surface area contributed by atoms with Crippen molar-refractivity contribution >= 4 is 11.3 Å². The first-order valence-corrected chi connectivity index (χ1v) is 8.78. The van der Waals surface area contributed by atoms with Gasteiger partial charge in [-0.25, -0.2) is 0 Å². The SMILES string of the molecule is CCC(N)C(c1sccc1C)N(CC(C)C)CC(C)C. The highest BCUT2D eigenvalue weighted by Gasteiger charge is 2.28. The third-order valence-corrected chi connectivity index (χ3v) is 4.73. The highest BCUT2D eigenvalue weighted by atomic mass is 32.1. The van der Waals surface area contributed by atoms with Gasteiger partial charge in [0.05, 0.1) is 6.04 Å². The Morgan fingerprint density at radius 2 is 1.70 bits per heavy atom. The van der Waals surface area contributed by atoms with Gasteiger partial charge in [0.1, 0.15) is 0 Å². The summed E-state index contributed by atoms with van der Waals surface area (Å²) in [5.74, 6) is 1.33. The molecule has 1 aromatic heterocycles. The smallest absolute Gasteiger partial charge is 0.0596 e. The van der Waals surface area contributed by atoms with Gasteiger partial charge < -0.3 is 5.73 Å². The molecule has 2 nitrogen and oxygen atoms in total. The zero-order valence-corrected chi connectivity index (χ0v) is 14.8. The molecule has 0 aromatic carbocycles. The maximum atomic E-state index is 6.49. The van der Waals surface area contributed by atoms with Crippen LogP contribution in [0.5, 0.6) is 0 Å².